The number of aryl methyl sites for hydroxylation is 1. The molecule has 0 spiro atoms. The molecule has 3 nitrogen and oxygen atoms in total. The fourth-order valence-electron chi connectivity index (χ4n) is 1.46. The summed E-state index contributed by atoms with van der Waals surface area (Å²) in [6, 6.07) is 2.02. The van der Waals surface area contributed by atoms with Crippen LogP contribution in [0.2, 0.25) is 5.28 Å². The van der Waals surface area contributed by atoms with E-state index in [2.05, 4.69) is 21.5 Å². The third kappa shape index (κ3) is 1.73. The van der Waals surface area contributed by atoms with Crippen molar-refractivity contribution in [3.63, 3.8) is 0 Å². The third-order valence-electron chi connectivity index (χ3n) is 2.23. The Morgan fingerprint density at radius 3 is 3.14 bits per heavy atom. The lowest BCUT2D eigenvalue weighted by atomic mass is 10.3. The smallest absolute Gasteiger partial charge is 0.224 e. The van der Waals surface area contributed by atoms with E-state index in [-0.39, 0.29) is 0 Å². The summed E-state index contributed by atoms with van der Waals surface area (Å²) in [5.41, 5.74) is 0.929. The van der Waals surface area contributed by atoms with Crippen molar-refractivity contribution in [1.82, 2.24) is 14.5 Å². The molecule has 4 heteroatoms. The lowest BCUT2D eigenvalue weighted by Gasteiger charge is -2.02. The minimum absolute atomic E-state index is 0.314. The SMILES string of the molecule is CCCCn1ccc2cnc(Cl)nc21. The molecule has 0 atom stereocenters. The summed E-state index contributed by atoms with van der Waals surface area (Å²) in [7, 11) is 0. The van der Waals surface area contributed by atoms with Gasteiger partial charge in [0.1, 0.15) is 5.65 Å². The maximum Gasteiger partial charge on any atom is 0.224 e. The van der Waals surface area contributed by atoms with E-state index in [1.807, 2.05) is 12.3 Å². The van der Waals surface area contributed by atoms with Gasteiger partial charge in [0.05, 0.1) is 0 Å². The predicted molar refractivity (Wildman–Crippen MR) is 57.4 cm³/mol. The van der Waals surface area contributed by atoms with Crippen LogP contribution >= 0.6 is 11.6 Å². The van der Waals surface area contributed by atoms with E-state index in [0.717, 1.165) is 24.0 Å². The lowest BCUT2D eigenvalue weighted by molar-refractivity contribution is 0.646. The van der Waals surface area contributed by atoms with Gasteiger partial charge < -0.3 is 4.57 Å². The van der Waals surface area contributed by atoms with E-state index in [4.69, 9.17) is 11.6 Å². The summed E-state index contributed by atoms with van der Waals surface area (Å²) < 4.78 is 2.12. The van der Waals surface area contributed by atoms with Crippen LogP contribution in [0.4, 0.5) is 0 Å². The average molecular weight is 210 g/mol. The number of hydrogen-bond donors (Lipinski definition) is 0. The first-order chi connectivity index (χ1) is 6.81. The summed E-state index contributed by atoms with van der Waals surface area (Å²) >= 11 is 5.75. The van der Waals surface area contributed by atoms with Gasteiger partial charge in [0.15, 0.2) is 0 Å². The molecular weight excluding hydrogens is 198 g/mol. The van der Waals surface area contributed by atoms with Crippen molar-refractivity contribution in [3.05, 3.63) is 23.7 Å². The first-order valence-electron chi connectivity index (χ1n) is 4.78. The molecule has 0 aliphatic rings. The summed E-state index contributed by atoms with van der Waals surface area (Å²) in [6.45, 7) is 3.17. The van der Waals surface area contributed by atoms with E-state index in [1.54, 1.807) is 6.20 Å². The number of hydrogen-bond acceptors (Lipinski definition) is 2. The fraction of sp³-hybridized carbons (Fsp3) is 0.400. The highest BCUT2D eigenvalue weighted by Crippen LogP contribution is 2.14. The highest BCUT2D eigenvalue weighted by molar-refractivity contribution is 6.28. The minimum Gasteiger partial charge on any atom is -0.332 e. The maximum absolute atomic E-state index is 5.75. The van der Waals surface area contributed by atoms with Gasteiger partial charge in [0.25, 0.3) is 0 Å². The van der Waals surface area contributed by atoms with Crippen LogP contribution in [-0.2, 0) is 6.54 Å². The zero-order valence-electron chi connectivity index (χ0n) is 8.07. The van der Waals surface area contributed by atoms with Crippen LogP contribution in [0.25, 0.3) is 11.0 Å². The van der Waals surface area contributed by atoms with Crippen molar-refractivity contribution in [2.45, 2.75) is 26.3 Å². The Labute approximate surface area is 87.7 Å². The van der Waals surface area contributed by atoms with Crippen LogP contribution in [0.1, 0.15) is 19.8 Å². The predicted octanol–water partition coefficient (Wildman–Crippen LogP) is 2.88. The Morgan fingerprint density at radius 1 is 1.50 bits per heavy atom. The first kappa shape index (κ1) is 9.46. The van der Waals surface area contributed by atoms with Crippen LogP contribution in [-0.4, -0.2) is 14.5 Å². The quantitative estimate of drug-likeness (QED) is 0.728. The zero-order valence-corrected chi connectivity index (χ0v) is 8.83. The maximum atomic E-state index is 5.75. The molecule has 0 bridgehead atoms. The van der Waals surface area contributed by atoms with Gasteiger partial charge in [-0.1, -0.05) is 13.3 Å². The normalized spacial score (nSPS) is 11.0. The van der Waals surface area contributed by atoms with E-state index in [1.165, 1.54) is 6.42 Å². The second kappa shape index (κ2) is 3.96. The van der Waals surface area contributed by atoms with E-state index < -0.39 is 0 Å². The molecule has 0 fully saturated rings. The van der Waals surface area contributed by atoms with Crippen LogP contribution in [0.15, 0.2) is 18.5 Å². The number of unbranched alkanes of at least 4 members (excludes halogenated alkanes) is 1. The second-order valence-corrected chi connectivity index (χ2v) is 3.62. The molecule has 0 aromatic carbocycles. The largest absolute Gasteiger partial charge is 0.332 e. The fourth-order valence-corrected chi connectivity index (χ4v) is 1.59. The zero-order chi connectivity index (χ0) is 9.97. The van der Waals surface area contributed by atoms with Crippen molar-refractivity contribution in [3.8, 4) is 0 Å². The Morgan fingerprint density at radius 2 is 2.36 bits per heavy atom. The number of halogens is 1. The summed E-state index contributed by atoms with van der Waals surface area (Å²) in [6.07, 6.45) is 6.13. The molecule has 74 valence electrons. The summed E-state index contributed by atoms with van der Waals surface area (Å²) in [5, 5.41) is 1.36. The van der Waals surface area contributed by atoms with Gasteiger partial charge in [-0.05, 0) is 24.1 Å². The topological polar surface area (TPSA) is 30.7 Å². The van der Waals surface area contributed by atoms with Crippen LogP contribution in [0, 0.1) is 0 Å². The van der Waals surface area contributed by atoms with E-state index >= 15 is 0 Å². The molecule has 0 amide bonds. The summed E-state index contributed by atoms with van der Waals surface area (Å²) in [5.74, 6) is 0. The Hall–Kier alpha value is -1.09. The van der Waals surface area contributed by atoms with Crippen molar-refractivity contribution in [2.75, 3.05) is 0 Å². The molecule has 0 radical (unpaired) electrons. The second-order valence-electron chi connectivity index (χ2n) is 3.28. The van der Waals surface area contributed by atoms with Crippen molar-refractivity contribution < 1.29 is 0 Å². The minimum atomic E-state index is 0.314. The van der Waals surface area contributed by atoms with Gasteiger partial charge in [-0.3, -0.25) is 0 Å². The van der Waals surface area contributed by atoms with Crippen molar-refractivity contribution in [1.29, 1.82) is 0 Å². The summed E-state index contributed by atoms with van der Waals surface area (Å²) in [4.78, 5) is 8.15. The number of nitrogens with zero attached hydrogens (tertiary/aromatic N) is 3. The molecule has 14 heavy (non-hydrogen) atoms. The van der Waals surface area contributed by atoms with Gasteiger partial charge in [-0.2, -0.15) is 4.98 Å². The lowest BCUT2D eigenvalue weighted by Crippen LogP contribution is -1.97. The van der Waals surface area contributed by atoms with Gasteiger partial charge in [0.2, 0.25) is 5.28 Å². The van der Waals surface area contributed by atoms with Crippen LogP contribution in [0.5, 0.6) is 0 Å². The van der Waals surface area contributed by atoms with Crippen molar-refractivity contribution in [2.24, 2.45) is 0 Å². The molecule has 2 heterocycles. The first-order valence-corrected chi connectivity index (χ1v) is 5.16. The van der Waals surface area contributed by atoms with E-state index in [9.17, 15) is 0 Å². The van der Waals surface area contributed by atoms with Gasteiger partial charge in [-0.25, -0.2) is 4.98 Å². The molecular formula is C10H12ClN3. The number of aromatic nitrogens is 3. The van der Waals surface area contributed by atoms with Crippen LogP contribution < -0.4 is 0 Å². The molecule has 2 rings (SSSR count). The monoisotopic (exact) mass is 209 g/mol. The molecule has 0 saturated heterocycles. The van der Waals surface area contributed by atoms with Gasteiger partial charge in [-0.15, -0.1) is 0 Å². The Balaban J connectivity index is 2.40. The van der Waals surface area contributed by atoms with Gasteiger partial charge in [0, 0.05) is 24.3 Å². The molecule has 0 aliphatic heterocycles. The highest BCUT2D eigenvalue weighted by Gasteiger charge is 2.02. The Kier molecular flexibility index (Phi) is 2.68. The molecule has 0 aliphatic carbocycles. The average Bonchev–Trinajstić information content (AvgIpc) is 2.57. The molecule has 2 aromatic rings. The standard InChI is InChI=1S/C10H12ClN3/c1-2-3-5-14-6-4-8-7-12-10(11)13-9(8)14/h4,6-7H,2-3,5H2,1H3. The number of fused-ring (bicyclic) bond motifs is 1. The molecule has 0 unspecified atom stereocenters. The molecule has 0 N–H and O–H groups in total. The molecule has 2 aromatic heterocycles. The highest BCUT2D eigenvalue weighted by atomic mass is 35.5. The Bertz CT molecular complexity index is 436. The number of rotatable bonds is 3. The third-order valence-corrected chi connectivity index (χ3v) is 2.41. The van der Waals surface area contributed by atoms with Crippen molar-refractivity contribution >= 4 is 22.6 Å². The van der Waals surface area contributed by atoms with E-state index in [0.29, 0.717) is 5.28 Å². The molecule has 0 saturated carbocycles. The van der Waals surface area contributed by atoms with Crippen LogP contribution in [0.3, 0.4) is 0 Å². The van der Waals surface area contributed by atoms with Gasteiger partial charge >= 0.3 is 0 Å².